The minimum absolute atomic E-state index is 0.212. The molecule has 1 heterocycles. The molecule has 0 aliphatic carbocycles. The van der Waals surface area contributed by atoms with Crippen molar-refractivity contribution in [2.24, 2.45) is 0 Å². The van der Waals surface area contributed by atoms with Crippen LogP contribution in [-0.2, 0) is 19.6 Å². The molecule has 0 radical (unpaired) electrons. The number of hydrogen-bond donors (Lipinski definition) is 1. The largest absolute Gasteiger partial charge is 0.484 e. The van der Waals surface area contributed by atoms with E-state index in [0.29, 0.717) is 22.0 Å². The second kappa shape index (κ2) is 8.72. The lowest BCUT2D eigenvalue weighted by molar-refractivity contribution is -0.118. The molecule has 1 aromatic heterocycles. The summed E-state index contributed by atoms with van der Waals surface area (Å²) in [4.78, 5) is 24.3. The van der Waals surface area contributed by atoms with Gasteiger partial charge in [-0.1, -0.05) is 0 Å². The third-order valence-corrected chi connectivity index (χ3v) is 6.56. The van der Waals surface area contributed by atoms with Gasteiger partial charge < -0.3 is 14.8 Å². The molecule has 3 aromatic rings. The monoisotopic (exact) mass is 448 g/mol. The summed E-state index contributed by atoms with van der Waals surface area (Å²) < 4.78 is 35.4. The van der Waals surface area contributed by atoms with Gasteiger partial charge in [0.1, 0.15) is 10.6 Å². The van der Waals surface area contributed by atoms with Crippen LogP contribution in [0.25, 0.3) is 10.1 Å². The molecule has 1 amide bonds. The molecule has 158 valence electrons. The predicted molar refractivity (Wildman–Crippen MR) is 117 cm³/mol. The van der Waals surface area contributed by atoms with E-state index in [1.165, 1.54) is 25.5 Å². The normalized spacial score (nSPS) is 11.2. The zero-order valence-corrected chi connectivity index (χ0v) is 18.2. The second-order valence-corrected chi connectivity index (χ2v) is 9.51. The molecule has 0 aliphatic heterocycles. The Kier molecular flexibility index (Phi) is 6.28. The summed E-state index contributed by atoms with van der Waals surface area (Å²) in [5.74, 6) is -0.314. The van der Waals surface area contributed by atoms with E-state index in [1.54, 1.807) is 42.5 Å². The molecule has 0 saturated carbocycles. The van der Waals surface area contributed by atoms with Crippen LogP contribution in [0.2, 0.25) is 0 Å². The molecule has 0 spiro atoms. The van der Waals surface area contributed by atoms with Gasteiger partial charge in [0.25, 0.3) is 5.91 Å². The Balaban J connectivity index is 1.60. The fourth-order valence-electron chi connectivity index (χ4n) is 2.61. The van der Waals surface area contributed by atoms with Gasteiger partial charge in [0.2, 0.25) is 10.0 Å². The first kappa shape index (κ1) is 21.6. The quantitative estimate of drug-likeness (QED) is 0.557. The van der Waals surface area contributed by atoms with Crippen molar-refractivity contribution in [3.8, 4) is 5.75 Å². The number of nitrogens with one attached hydrogen (secondary N) is 1. The lowest BCUT2D eigenvalue weighted by atomic mass is 10.2. The van der Waals surface area contributed by atoms with Crippen LogP contribution in [0.1, 0.15) is 9.67 Å². The number of esters is 1. The van der Waals surface area contributed by atoms with Crippen molar-refractivity contribution in [1.29, 1.82) is 0 Å². The van der Waals surface area contributed by atoms with Crippen LogP contribution in [-0.4, -0.2) is 47.3 Å². The van der Waals surface area contributed by atoms with Crippen molar-refractivity contribution in [2.75, 3.05) is 36.6 Å². The highest BCUT2D eigenvalue weighted by molar-refractivity contribution is 7.92. The van der Waals surface area contributed by atoms with Gasteiger partial charge in [0, 0.05) is 17.4 Å². The smallest absolute Gasteiger partial charge is 0.348 e. The molecule has 3 rings (SSSR count). The number of hydrogen-bond acceptors (Lipinski definition) is 7. The maximum atomic E-state index is 12.2. The number of thiophene rings is 1. The van der Waals surface area contributed by atoms with E-state index >= 15 is 0 Å². The van der Waals surface area contributed by atoms with Crippen molar-refractivity contribution in [2.45, 2.75) is 0 Å². The SMILES string of the molecule is COC(=O)c1cc2cc(NC(=O)COc3ccc(N(C)S(C)(=O)=O)cc3)ccc2s1. The summed E-state index contributed by atoms with van der Waals surface area (Å²) in [6, 6.07) is 13.4. The maximum Gasteiger partial charge on any atom is 0.348 e. The lowest BCUT2D eigenvalue weighted by Gasteiger charge is -2.16. The fraction of sp³-hybridized carbons (Fsp3) is 0.200. The summed E-state index contributed by atoms with van der Waals surface area (Å²) >= 11 is 1.32. The Morgan fingerprint density at radius 1 is 1.10 bits per heavy atom. The first-order chi connectivity index (χ1) is 14.2. The molecule has 30 heavy (non-hydrogen) atoms. The number of anilines is 2. The molecule has 8 nitrogen and oxygen atoms in total. The number of nitrogens with zero attached hydrogens (tertiary/aromatic N) is 1. The molecular weight excluding hydrogens is 428 g/mol. The highest BCUT2D eigenvalue weighted by Crippen LogP contribution is 2.28. The van der Waals surface area contributed by atoms with Gasteiger partial charge in [-0.05, 0) is 53.9 Å². The van der Waals surface area contributed by atoms with E-state index < -0.39 is 16.0 Å². The number of methoxy groups -OCH3 is 1. The molecular formula is C20H20N2O6S2. The summed E-state index contributed by atoms with van der Waals surface area (Å²) in [7, 11) is -0.561. The zero-order chi connectivity index (χ0) is 21.9. The van der Waals surface area contributed by atoms with Gasteiger partial charge >= 0.3 is 5.97 Å². The van der Waals surface area contributed by atoms with Crippen molar-refractivity contribution >= 4 is 54.7 Å². The van der Waals surface area contributed by atoms with Crippen LogP contribution in [0.5, 0.6) is 5.75 Å². The van der Waals surface area contributed by atoms with Crippen LogP contribution in [0.4, 0.5) is 11.4 Å². The third kappa shape index (κ3) is 5.08. The number of benzene rings is 2. The van der Waals surface area contributed by atoms with Crippen molar-refractivity contribution in [3.63, 3.8) is 0 Å². The number of carbonyl (C=O) groups excluding carboxylic acids is 2. The summed E-state index contributed by atoms with van der Waals surface area (Å²) in [5.41, 5.74) is 1.07. The van der Waals surface area contributed by atoms with Crippen molar-refractivity contribution in [1.82, 2.24) is 0 Å². The molecule has 0 unspecified atom stereocenters. The Morgan fingerprint density at radius 2 is 1.80 bits per heavy atom. The average molecular weight is 449 g/mol. The van der Waals surface area contributed by atoms with Gasteiger partial charge in [0.15, 0.2) is 6.61 Å². The molecule has 0 aliphatic rings. The molecule has 0 bridgehead atoms. The minimum Gasteiger partial charge on any atom is -0.484 e. The molecule has 2 aromatic carbocycles. The van der Waals surface area contributed by atoms with Crippen LogP contribution in [0.3, 0.4) is 0 Å². The van der Waals surface area contributed by atoms with E-state index in [0.717, 1.165) is 20.6 Å². The Labute approximate surface area is 178 Å². The second-order valence-electron chi connectivity index (χ2n) is 6.42. The van der Waals surface area contributed by atoms with Crippen LogP contribution in [0, 0.1) is 0 Å². The van der Waals surface area contributed by atoms with Crippen molar-refractivity contribution in [3.05, 3.63) is 53.4 Å². The van der Waals surface area contributed by atoms with Crippen LogP contribution in [0.15, 0.2) is 48.5 Å². The number of rotatable bonds is 7. The highest BCUT2D eigenvalue weighted by atomic mass is 32.2. The lowest BCUT2D eigenvalue weighted by Crippen LogP contribution is -2.24. The van der Waals surface area contributed by atoms with Gasteiger partial charge in [-0.25, -0.2) is 13.2 Å². The number of ether oxygens (including phenoxy) is 2. The topological polar surface area (TPSA) is 102 Å². The number of carbonyl (C=O) groups is 2. The van der Waals surface area contributed by atoms with Crippen LogP contribution < -0.4 is 14.4 Å². The first-order valence-electron chi connectivity index (χ1n) is 8.76. The van der Waals surface area contributed by atoms with Crippen LogP contribution >= 0.6 is 11.3 Å². The summed E-state index contributed by atoms with van der Waals surface area (Å²) in [6.07, 6.45) is 1.12. The third-order valence-electron chi connectivity index (χ3n) is 4.25. The predicted octanol–water partition coefficient (Wildman–Crippen LogP) is 3.10. The zero-order valence-electron chi connectivity index (χ0n) is 16.5. The van der Waals surface area contributed by atoms with E-state index in [-0.39, 0.29) is 12.5 Å². The van der Waals surface area contributed by atoms with E-state index in [2.05, 4.69) is 5.32 Å². The number of fused-ring (bicyclic) bond motifs is 1. The summed E-state index contributed by atoms with van der Waals surface area (Å²) in [5, 5.41) is 3.57. The molecule has 0 atom stereocenters. The van der Waals surface area contributed by atoms with E-state index in [4.69, 9.17) is 9.47 Å². The number of amides is 1. The molecule has 10 heteroatoms. The fourth-order valence-corrected chi connectivity index (χ4v) is 4.08. The Hall–Kier alpha value is -3.11. The van der Waals surface area contributed by atoms with E-state index in [1.807, 2.05) is 6.07 Å². The standard InChI is InChI=1S/C20H20N2O6S2/c1-22(30(3,25)26)15-5-7-16(8-6-15)28-12-19(23)21-14-4-9-17-13(10-14)11-18(29-17)20(24)27-2/h4-11H,12H2,1-3H3,(H,21,23). The number of sulfonamides is 1. The van der Waals surface area contributed by atoms with Gasteiger partial charge in [-0.15, -0.1) is 11.3 Å². The molecule has 1 N–H and O–H groups in total. The molecule has 0 saturated heterocycles. The average Bonchev–Trinajstić information content (AvgIpc) is 3.14. The van der Waals surface area contributed by atoms with Gasteiger partial charge in [-0.2, -0.15) is 0 Å². The minimum atomic E-state index is -3.35. The van der Waals surface area contributed by atoms with Gasteiger partial charge in [-0.3, -0.25) is 9.10 Å². The summed E-state index contributed by atoms with van der Waals surface area (Å²) in [6.45, 7) is -0.212. The van der Waals surface area contributed by atoms with Gasteiger partial charge in [0.05, 0.1) is 19.1 Å². The van der Waals surface area contributed by atoms with E-state index in [9.17, 15) is 18.0 Å². The van der Waals surface area contributed by atoms with Crippen molar-refractivity contribution < 1.29 is 27.5 Å². The first-order valence-corrected chi connectivity index (χ1v) is 11.4. The molecule has 0 fully saturated rings. The maximum absolute atomic E-state index is 12.2. The Bertz CT molecular complexity index is 1190. The highest BCUT2D eigenvalue weighted by Gasteiger charge is 2.13. The Morgan fingerprint density at radius 3 is 2.43 bits per heavy atom.